The number of phenols is 4. The highest BCUT2D eigenvalue weighted by Crippen LogP contribution is 2.38. The molecule has 0 amide bonds. The van der Waals surface area contributed by atoms with E-state index in [9.17, 15) is 10.2 Å². The topological polar surface area (TPSA) is 80.9 Å². The van der Waals surface area contributed by atoms with Crippen molar-refractivity contribution in [1.82, 2.24) is 0 Å². The van der Waals surface area contributed by atoms with Gasteiger partial charge in [0.05, 0.1) is 0 Å². The zero-order chi connectivity index (χ0) is 15.9. The number of aromatic hydroxyl groups is 4. The van der Waals surface area contributed by atoms with E-state index in [2.05, 4.69) is 0 Å². The minimum atomic E-state index is 0.0880. The smallest absolute Gasteiger partial charge is 0.122 e. The summed E-state index contributed by atoms with van der Waals surface area (Å²) in [5, 5.41) is 36.2. The van der Waals surface area contributed by atoms with Crippen LogP contribution < -0.4 is 0 Å². The summed E-state index contributed by atoms with van der Waals surface area (Å²) in [5.74, 6) is 1.05. The summed E-state index contributed by atoms with van der Waals surface area (Å²) in [6, 6.07) is 10.8. The summed E-state index contributed by atoms with van der Waals surface area (Å²) < 4.78 is 0. The Morgan fingerprint density at radius 1 is 0.682 bits per heavy atom. The second kappa shape index (κ2) is 7.59. The Bertz CT molecular complexity index is 587. The molecule has 0 atom stereocenters. The summed E-state index contributed by atoms with van der Waals surface area (Å²) in [6.07, 6.45) is 6.15. The number of hydrogen-bond donors (Lipinski definition) is 4. The maximum Gasteiger partial charge on any atom is 0.122 e. The van der Waals surface area contributed by atoms with Gasteiger partial charge in [-0.25, -0.2) is 0 Å². The Morgan fingerprint density at radius 3 is 1.77 bits per heavy atom. The SMILES string of the molecule is Oc1ccc(C2CCCCC2)c(O)c1.Oc1cccc(O)c1. The van der Waals surface area contributed by atoms with Crippen molar-refractivity contribution in [3.05, 3.63) is 48.0 Å². The first kappa shape index (κ1) is 16.0. The molecule has 1 aliphatic carbocycles. The van der Waals surface area contributed by atoms with E-state index in [1.165, 1.54) is 56.4 Å². The number of hydrogen-bond acceptors (Lipinski definition) is 4. The fraction of sp³-hybridized carbons (Fsp3) is 0.333. The van der Waals surface area contributed by atoms with E-state index in [1.807, 2.05) is 6.07 Å². The first-order chi connectivity index (χ1) is 10.6. The van der Waals surface area contributed by atoms with Crippen molar-refractivity contribution >= 4 is 0 Å². The van der Waals surface area contributed by atoms with Crippen molar-refractivity contribution in [2.24, 2.45) is 0 Å². The zero-order valence-electron chi connectivity index (χ0n) is 12.4. The average Bonchev–Trinajstić information content (AvgIpc) is 2.48. The summed E-state index contributed by atoms with van der Waals surface area (Å²) in [7, 11) is 0. The molecule has 118 valence electrons. The Kier molecular flexibility index (Phi) is 5.53. The minimum absolute atomic E-state index is 0.0880. The molecule has 0 aliphatic heterocycles. The van der Waals surface area contributed by atoms with Gasteiger partial charge in [-0.1, -0.05) is 31.4 Å². The molecule has 0 radical (unpaired) electrons. The normalized spacial score (nSPS) is 14.9. The van der Waals surface area contributed by atoms with E-state index in [4.69, 9.17) is 10.2 Å². The Morgan fingerprint density at radius 2 is 1.27 bits per heavy atom. The summed E-state index contributed by atoms with van der Waals surface area (Å²) in [4.78, 5) is 0. The van der Waals surface area contributed by atoms with Crippen molar-refractivity contribution in [3.63, 3.8) is 0 Å². The van der Waals surface area contributed by atoms with Gasteiger partial charge in [0.25, 0.3) is 0 Å². The van der Waals surface area contributed by atoms with Gasteiger partial charge in [0.1, 0.15) is 23.0 Å². The third kappa shape index (κ3) is 4.58. The lowest BCUT2D eigenvalue weighted by Gasteiger charge is -2.22. The van der Waals surface area contributed by atoms with Crippen LogP contribution in [0.25, 0.3) is 0 Å². The number of rotatable bonds is 1. The predicted molar refractivity (Wildman–Crippen MR) is 85.4 cm³/mol. The van der Waals surface area contributed by atoms with Crippen LogP contribution in [0.3, 0.4) is 0 Å². The Balaban J connectivity index is 0.000000188. The van der Waals surface area contributed by atoms with Gasteiger partial charge in [0.2, 0.25) is 0 Å². The third-order valence-electron chi connectivity index (χ3n) is 3.89. The van der Waals surface area contributed by atoms with Crippen LogP contribution >= 0.6 is 0 Å². The molecule has 22 heavy (non-hydrogen) atoms. The molecule has 1 fully saturated rings. The van der Waals surface area contributed by atoms with Crippen LogP contribution in [0.2, 0.25) is 0 Å². The van der Waals surface area contributed by atoms with E-state index in [0.717, 1.165) is 5.56 Å². The van der Waals surface area contributed by atoms with Crippen LogP contribution in [0.1, 0.15) is 43.6 Å². The first-order valence-electron chi connectivity index (χ1n) is 7.56. The van der Waals surface area contributed by atoms with Gasteiger partial charge in [0, 0.05) is 12.1 Å². The molecular formula is C18H22O4. The van der Waals surface area contributed by atoms with Crippen molar-refractivity contribution in [1.29, 1.82) is 0 Å². The van der Waals surface area contributed by atoms with Gasteiger partial charge in [-0.2, -0.15) is 0 Å². The molecule has 1 aliphatic rings. The fourth-order valence-electron chi connectivity index (χ4n) is 2.78. The molecule has 0 spiro atoms. The zero-order valence-corrected chi connectivity index (χ0v) is 12.4. The maximum absolute atomic E-state index is 9.68. The second-order valence-corrected chi connectivity index (χ2v) is 5.60. The van der Waals surface area contributed by atoms with E-state index < -0.39 is 0 Å². The van der Waals surface area contributed by atoms with Crippen molar-refractivity contribution < 1.29 is 20.4 Å². The molecule has 0 aromatic heterocycles. The van der Waals surface area contributed by atoms with Crippen molar-refractivity contribution in [3.8, 4) is 23.0 Å². The van der Waals surface area contributed by atoms with Crippen molar-refractivity contribution in [2.75, 3.05) is 0 Å². The van der Waals surface area contributed by atoms with Crippen LogP contribution in [0.4, 0.5) is 0 Å². The second-order valence-electron chi connectivity index (χ2n) is 5.60. The Hall–Kier alpha value is -2.36. The molecule has 0 unspecified atom stereocenters. The average molecular weight is 302 g/mol. The monoisotopic (exact) mass is 302 g/mol. The van der Waals surface area contributed by atoms with Gasteiger partial charge in [-0.05, 0) is 42.5 Å². The van der Waals surface area contributed by atoms with Gasteiger partial charge in [0.15, 0.2) is 0 Å². The van der Waals surface area contributed by atoms with Crippen LogP contribution in [0, 0.1) is 0 Å². The highest BCUT2D eigenvalue weighted by atomic mass is 16.3. The Labute approximate surface area is 130 Å². The summed E-state index contributed by atoms with van der Waals surface area (Å²) in [5.41, 5.74) is 1.00. The van der Waals surface area contributed by atoms with Gasteiger partial charge in [-0.3, -0.25) is 0 Å². The molecular weight excluding hydrogens is 280 g/mol. The standard InChI is InChI=1S/C12H16O2.C6H6O2/c13-10-6-7-11(12(14)8-10)9-4-2-1-3-5-9;7-5-2-1-3-6(8)4-5/h6-9,13-14H,1-5H2;1-4,7-8H. The quantitative estimate of drug-likeness (QED) is 0.635. The van der Waals surface area contributed by atoms with Crippen LogP contribution in [-0.2, 0) is 0 Å². The predicted octanol–water partition coefficient (Wildman–Crippen LogP) is 4.24. The molecule has 3 rings (SSSR count). The lowest BCUT2D eigenvalue weighted by atomic mass is 9.84. The molecule has 0 heterocycles. The molecule has 2 aromatic carbocycles. The van der Waals surface area contributed by atoms with E-state index in [0.29, 0.717) is 5.92 Å². The number of phenolic OH excluding ortho intramolecular Hbond substituents is 4. The molecule has 2 aromatic rings. The third-order valence-corrected chi connectivity index (χ3v) is 3.89. The maximum atomic E-state index is 9.68. The molecule has 0 bridgehead atoms. The van der Waals surface area contributed by atoms with Crippen molar-refractivity contribution in [2.45, 2.75) is 38.0 Å². The summed E-state index contributed by atoms with van der Waals surface area (Å²) >= 11 is 0. The van der Waals surface area contributed by atoms with E-state index in [1.54, 1.807) is 12.1 Å². The molecule has 0 saturated heterocycles. The van der Waals surface area contributed by atoms with Crippen LogP contribution in [0.5, 0.6) is 23.0 Å². The molecule has 4 nitrogen and oxygen atoms in total. The molecule has 1 saturated carbocycles. The van der Waals surface area contributed by atoms with Gasteiger partial charge >= 0.3 is 0 Å². The highest BCUT2D eigenvalue weighted by Gasteiger charge is 2.18. The lowest BCUT2D eigenvalue weighted by Crippen LogP contribution is -2.04. The number of benzene rings is 2. The fourth-order valence-corrected chi connectivity index (χ4v) is 2.78. The van der Waals surface area contributed by atoms with Gasteiger partial charge < -0.3 is 20.4 Å². The molecule has 4 heteroatoms. The van der Waals surface area contributed by atoms with Crippen LogP contribution in [0.15, 0.2) is 42.5 Å². The van der Waals surface area contributed by atoms with E-state index >= 15 is 0 Å². The first-order valence-corrected chi connectivity index (χ1v) is 7.56. The minimum Gasteiger partial charge on any atom is -0.508 e. The highest BCUT2D eigenvalue weighted by molar-refractivity contribution is 5.41. The van der Waals surface area contributed by atoms with Gasteiger partial charge in [-0.15, -0.1) is 0 Å². The van der Waals surface area contributed by atoms with E-state index in [-0.39, 0.29) is 23.0 Å². The summed E-state index contributed by atoms with van der Waals surface area (Å²) in [6.45, 7) is 0. The largest absolute Gasteiger partial charge is 0.508 e. The molecule has 4 N–H and O–H groups in total. The van der Waals surface area contributed by atoms with Crippen LogP contribution in [-0.4, -0.2) is 20.4 Å². The lowest BCUT2D eigenvalue weighted by molar-refractivity contribution is 0.409.